The first-order valence-corrected chi connectivity index (χ1v) is 10.5. The summed E-state index contributed by atoms with van der Waals surface area (Å²) in [6.45, 7) is -0.552. The third-order valence-corrected chi connectivity index (χ3v) is 6.30. The van der Waals surface area contributed by atoms with Crippen molar-refractivity contribution >= 4 is 22.9 Å². The number of aromatic carboxylic acids is 1. The van der Waals surface area contributed by atoms with Crippen molar-refractivity contribution in [3.8, 4) is 5.75 Å². The molecule has 1 aliphatic rings. The Labute approximate surface area is 187 Å². The average molecular weight is 475 g/mol. The summed E-state index contributed by atoms with van der Waals surface area (Å²) in [5.74, 6) is -5.01. The fraction of sp³-hybridized carbons (Fsp3) is 0.0952. The van der Waals surface area contributed by atoms with Crippen molar-refractivity contribution in [3.63, 3.8) is 0 Å². The van der Waals surface area contributed by atoms with Crippen molar-refractivity contribution in [2.45, 2.75) is 11.4 Å². The minimum absolute atomic E-state index is 0.127. The molecular formula is C21H15F2N3O6S. The molecule has 2 heterocycles. The molecule has 1 aliphatic heterocycles. The highest BCUT2D eigenvalue weighted by Gasteiger charge is 2.37. The molecule has 1 aromatic heterocycles. The number of hydrogen-bond donors (Lipinski definition) is 2. The van der Waals surface area contributed by atoms with Crippen molar-refractivity contribution in [3.05, 3.63) is 93.4 Å². The van der Waals surface area contributed by atoms with Crippen LogP contribution in [0.3, 0.4) is 0 Å². The van der Waals surface area contributed by atoms with Gasteiger partial charge in [-0.3, -0.25) is 9.59 Å². The number of benzene rings is 2. The standard InChI is InChI=1S/C21H15F2N3O6S/c22-13-7-5-12(6-8-13)9-24-11-26(33(32)16-4-2-1-3-15(16)23)25-10-14(21(30)31)18(27)19(28)17(25)20(24)29/h1-8,10,28H,9,11H2,(H,30,31). The first-order chi connectivity index (χ1) is 15.7. The molecule has 0 saturated carbocycles. The van der Waals surface area contributed by atoms with Crippen molar-refractivity contribution < 1.29 is 32.8 Å². The molecule has 0 saturated heterocycles. The predicted molar refractivity (Wildman–Crippen MR) is 111 cm³/mol. The first kappa shape index (κ1) is 22.1. The maximum absolute atomic E-state index is 14.3. The average Bonchev–Trinajstić information content (AvgIpc) is 2.78. The van der Waals surface area contributed by atoms with Crippen molar-refractivity contribution in [2.24, 2.45) is 0 Å². The van der Waals surface area contributed by atoms with Gasteiger partial charge in [0.15, 0.2) is 22.4 Å². The van der Waals surface area contributed by atoms with Gasteiger partial charge in [-0.1, -0.05) is 24.3 Å². The quantitative estimate of drug-likeness (QED) is 0.581. The molecular weight excluding hydrogens is 460 g/mol. The van der Waals surface area contributed by atoms with Crippen LogP contribution in [0.15, 0.2) is 64.4 Å². The maximum Gasteiger partial charge on any atom is 0.341 e. The first-order valence-electron chi connectivity index (χ1n) is 9.39. The smallest absolute Gasteiger partial charge is 0.341 e. The lowest BCUT2D eigenvalue weighted by molar-refractivity contribution is 0.0670. The van der Waals surface area contributed by atoms with E-state index < -0.39 is 63.6 Å². The third-order valence-electron chi connectivity index (χ3n) is 4.92. The minimum atomic E-state index is -2.32. The number of rotatable bonds is 5. The van der Waals surface area contributed by atoms with E-state index in [-0.39, 0.29) is 11.4 Å². The number of carboxylic acid groups (broad SMARTS) is 1. The Morgan fingerprint density at radius 3 is 2.36 bits per heavy atom. The number of fused-ring (bicyclic) bond motifs is 1. The molecule has 4 rings (SSSR count). The number of pyridine rings is 1. The van der Waals surface area contributed by atoms with Crippen LogP contribution in [0.1, 0.15) is 26.4 Å². The summed E-state index contributed by atoms with van der Waals surface area (Å²) in [5, 5.41) is 19.7. The highest BCUT2D eigenvalue weighted by molar-refractivity contribution is 7.86. The van der Waals surface area contributed by atoms with E-state index in [9.17, 15) is 37.6 Å². The number of aromatic nitrogens is 1. The van der Waals surface area contributed by atoms with Crippen LogP contribution < -0.4 is 9.84 Å². The van der Waals surface area contributed by atoms with Gasteiger partial charge in [0.05, 0.1) is 4.90 Å². The second-order valence-electron chi connectivity index (χ2n) is 7.02. The van der Waals surface area contributed by atoms with E-state index in [1.165, 1.54) is 42.5 Å². The Hall–Kier alpha value is -4.06. The van der Waals surface area contributed by atoms with Crippen LogP contribution in [0.2, 0.25) is 0 Å². The molecule has 12 heteroatoms. The number of amides is 1. The van der Waals surface area contributed by atoms with Crippen molar-refractivity contribution in [2.75, 3.05) is 11.1 Å². The van der Waals surface area contributed by atoms with Gasteiger partial charge >= 0.3 is 5.97 Å². The van der Waals surface area contributed by atoms with E-state index in [1.54, 1.807) is 0 Å². The lowest BCUT2D eigenvalue weighted by atomic mass is 10.1. The van der Waals surface area contributed by atoms with Crippen molar-refractivity contribution in [1.82, 2.24) is 9.58 Å². The van der Waals surface area contributed by atoms with Crippen LogP contribution in [-0.4, -0.2) is 42.5 Å². The van der Waals surface area contributed by atoms with Gasteiger partial charge < -0.3 is 15.1 Å². The molecule has 2 N–H and O–H groups in total. The van der Waals surface area contributed by atoms with Gasteiger partial charge in [-0.2, -0.15) is 0 Å². The zero-order valence-corrected chi connectivity index (χ0v) is 17.5. The van der Waals surface area contributed by atoms with Gasteiger partial charge in [-0.25, -0.2) is 26.9 Å². The maximum atomic E-state index is 14.3. The van der Waals surface area contributed by atoms with Gasteiger partial charge in [0, 0.05) is 12.7 Å². The second-order valence-corrected chi connectivity index (χ2v) is 8.38. The third kappa shape index (κ3) is 3.96. The van der Waals surface area contributed by atoms with Gasteiger partial charge in [0.25, 0.3) is 5.91 Å². The molecule has 2 aromatic carbocycles. The molecule has 170 valence electrons. The Morgan fingerprint density at radius 2 is 1.73 bits per heavy atom. The normalized spacial score (nSPS) is 14.2. The molecule has 33 heavy (non-hydrogen) atoms. The number of carbonyl (C=O) groups is 2. The van der Waals surface area contributed by atoms with E-state index in [2.05, 4.69) is 0 Å². The Bertz CT molecular complexity index is 1360. The van der Waals surface area contributed by atoms with Crippen LogP contribution in [0.5, 0.6) is 5.75 Å². The highest BCUT2D eigenvalue weighted by Crippen LogP contribution is 2.26. The summed E-state index contributed by atoms with van der Waals surface area (Å²) in [5.41, 5.74) is -2.32. The topological polar surface area (TPSA) is 120 Å². The summed E-state index contributed by atoms with van der Waals surface area (Å²) in [6, 6.07) is 10.3. The molecule has 1 unspecified atom stereocenters. The lowest BCUT2D eigenvalue weighted by Crippen LogP contribution is -2.54. The fourth-order valence-corrected chi connectivity index (χ4v) is 4.50. The molecule has 1 atom stereocenters. The molecule has 9 nitrogen and oxygen atoms in total. The summed E-state index contributed by atoms with van der Waals surface area (Å²) < 4.78 is 42.6. The highest BCUT2D eigenvalue weighted by atomic mass is 32.2. The number of carbonyl (C=O) groups excluding carboxylic acids is 1. The van der Waals surface area contributed by atoms with Crippen LogP contribution in [-0.2, 0) is 17.5 Å². The van der Waals surface area contributed by atoms with Crippen LogP contribution >= 0.6 is 0 Å². The molecule has 0 aliphatic carbocycles. The summed E-state index contributed by atoms with van der Waals surface area (Å²) in [4.78, 5) is 37.7. The number of aromatic hydroxyl groups is 1. The van der Waals surface area contributed by atoms with Crippen LogP contribution in [0, 0.1) is 11.6 Å². The number of hydrogen-bond acceptors (Lipinski definition) is 5. The van der Waals surface area contributed by atoms with Gasteiger partial charge in [-0.15, -0.1) is 0 Å². The minimum Gasteiger partial charge on any atom is -0.502 e. The van der Waals surface area contributed by atoms with E-state index in [0.717, 1.165) is 26.3 Å². The van der Waals surface area contributed by atoms with Crippen LogP contribution in [0.4, 0.5) is 8.78 Å². The van der Waals surface area contributed by atoms with E-state index in [1.807, 2.05) is 0 Å². The largest absolute Gasteiger partial charge is 0.502 e. The fourth-order valence-electron chi connectivity index (χ4n) is 3.31. The van der Waals surface area contributed by atoms with Crippen molar-refractivity contribution in [1.29, 1.82) is 0 Å². The van der Waals surface area contributed by atoms with Gasteiger partial charge in [0.2, 0.25) is 5.43 Å². The second kappa shape index (κ2) is 8.47. The van der Waals surface area contributed by atoms with Gasteiger partial charge in [0.1, 0.15) is 23.9 Å². The molecule has 0 fully saturated rings. The summed E-state index contributed by atoms with van der Waals surface area (Å²) in [6.07, 6.45) is 0.756. The molecule has 0 radical (unpaired) electrons. The molecule has 0 spiro atoms. The molecule has 0 bridgehead atoms. The number of carboxylic acids is 1. The Balaban J connectivity index is 1.87. The summed E-state index contributed by atoms with van der Waals surface area (Å²) >= 11 is 0. The van der Waals surface area contributed by atoms with E-state index in [0.29, 0.717) is 5.56 Å². The molecule has 3 aromatic rings. The molecule has 1 amide bonds. The number of nitrogens with zero attached hydrogens (tertiary/aromatic N) is 3. The SMILES string of the molecule is O=C(O)c1cn2c(c(O)c1=O)C(=O)N(Cc1ccc(F)cc1)CN2S(=O)c1ccccc1F. The Kier molecular flexibility index (Phi) is 5.68. The number of halogens is 2. The van der Waals surface area contributed by atoms with E-state index >= 15 is 0 Å². The summed E-state index contributed by atoms with van der Waals surface area (Å²) in [7, 11) is -2.32. The zero-order chi connectivity index (χ0) is 23.9. The lowest BCUT2D eigenvalue weighted by Gasteiger charge is -2.38. The van der Waals surface area contributed by atoms with Crippen LogP contribution in [0.25, 0.3) is 0 Å². The van der Waals surface area contributed by atoms with E-state index in [4.69, 9.17) is 0 Å². The monoisotopic (exact) mass is 475 g/mol. The predicted octanol–water partition coefficient (Wildman–Crippen LogP) is 1.80. The zero-order valence-electron chi connectivity index (χ0n) is 16.6. The Morgan fingerprint density at radius 1 is 1.06 bits per heavy atom. The van der Waals surface area contributed by atoms with Gasteiger partial charge in [-0.05, 0) is 29.8 Å².